The maximum atomic E-state index is 14.7. The minimum atomic E-state index is -2.92. The Morgan fingerprint density at radius 1 is 1.48 bits per heavy atom. The van der Waals surface area contributed by atoms with Crippen molar-refractivity contribution in [2.75, 3.05) is 18.2 Å². The fourth-order valence-corrected chi connectivity index (χ4v) is 4.02. The Kier molecular flexibility index (Phi) is 5.51. The zero-order chi connectivity index (χ0) is 17.2. The molecule has 4 N–H and O–H groups in total. The molecule has 1 heterocycles. The smallest absolute Gasteiger partial charge is 0.340 e. The molecule has 130 valence electrons. The molecule has 1 aliphatic heterocycles. The topological polar surface area (TPSA) is 90.8 Å². The third kappa shape index (κ3) is 4.35. The van der Waals surface area contributed by atoms with Gasteiger partial charge in [0.15, 0.2) is 0 Å². The van der Waals surface area contributed by atoms with Crippen LogP contribution in [0.15, 0.2) is 12.1 Å². The molecule has 0 aromatic heterocycles. The second kappa shape index (κ2) is 7.04. The number of carbonyl (C=O) groups is 1. The number of methoxy groups -OCH3 is 1. The van der Waals surface area contributed by atoms with Crippen LogP contribution in [-0.2, 0) is 4.74 Å². The van der Waals surface area contributed by atoms with Crippen LogP contribution in [0.4, 0.5) is 10.1 Å². The van der Waals surface area contributed by atoms with Crippen molar-refractivity contribution >= 4 is 22.4 Å². The van der Waals surface area contributed by atoms with Crippen LogP contribution >= 0.6 is 10.8 Å². The van der Waals surface area contributed by atoms with Crippen LogP contribution in [0.1, 0.15) is 48.7 Å². The summed E-state index contributed by atoms with van der Waals surface area (Å²) in [4.78, 5) is 11.8. The molecule has 0 radical (unpaired) electrons. The van der Waals surface area contributed by atoms with Gasteiger partial charge in [-0.3, -0.25) is 9.11 Å². The number of benzene rings is 1. The van der Waals surface area contributed by atoms with E-state index in [1.165, 1.54) is 13.2 Å². The van der Waals surface area contributed by atoms with Gasteiger partial charge in [0.2, 0.25) is 0 Å². The van der Waals surface area contributed by atoms with Crippen LogP contribution in [0, 0.1) is 5.82 Å². The lowest BCUT2D eigenvalue weighted by atomic mass is 9.98. The molecular weight excluding hydrogens is 323 g/mol. The van der Waals surface area contributed by atoms with E-state index in [0.29, 0.717) is 18.5 Å². The van der Waals surface area contributed by atoms with Crippen molar-refractivity contribution < 1.29 is 23.0 Å². The molecule has 0 amide bonds. The summed E-state index contributed by atoms with van der Waals surface area (Å²) in [6, 6.07) is 2.54. The molecule has 0 bridgehead atoms. The maximum absolute atomic E-state index is 14.7. The van der Waals surface area contributed by atoms with Crippen molar-refractivity contribution in [1.82, 2.24) is 4.72 Å². The summed E-state index contributed by atoms with van der Waals surface area (Å²) in [5, 5.41) is 3.13. The van der Waals surface area contributed by atoms with E-state index >= 15 is 0 Å². The molecule has 1 aromatic carbocycles. The van der Waals surface area contributed by atoms with Gasteiger partial charge in [0.05, 0.1) is 24.5 Å². The highest BCUT2D eigenvalue weighted by Gasteiger charge is 2.29. The van der Waals surface area contributed by atoms with Crippen molar-refractivity contribution in [3.63, 3.8) is 0 Å². The molecule has 8 heteroatoms. The first kappa shape index (κ1) is 18.0. The minimum Gasteiger partial charge on any atom is -0.465 e. The Balaban J connectivity index is 2.46. The van der Waals surface area contributed by atoms with Gasteiger partial charge < -0.3 is 10.1 Å². The van der Waals surface area contributed by atoms with E-state index in [1.54, 1.807) is 6.07 Å². The fourth-order valence-electron chi connectivity index (χ4n) is 2.63. The third-order valence-electron chi connectivity index (χ3n) is 3.59. The molecule has 1 aromatic rings. The van der Waals surface area contributed by atoms with Gasteiger partial charge in [0, 0.05) is 17.3 Å². The Morgan fingerprint density at radius 3 is 2.74 bits per heavy atom. The predicted molar refractivity (Wildman–Crippen MR) is 89.3 cm³/mol. The normalized spacial score (nSPS) is 21.8. The largest absolute Gasteiger partial charge is 0.465 e. The molecule has 2 rings (SSSR count). The molecule has 1 fully saturated rings. The number of esters is 1. The van der Waals surface area contributed by atoms with E-state index < -0.39 is 28.6 Å². The van der Waals surface area contributed by atoms with Crippen LogP contribution in [0.5, 0.6) is 0 Å². The van der Waals surface area contributed by atoms with Crippen molar-refractivity contribution in [3.8, 4) is 0 Å². The van der Waals surface area contributed by atoms with Gasteiger partial charge in [-0.1, -0.05) is 0 Å². The molecule has 1 saturated heterocycles. The lowest BCUT2D eigenvalue weighted by Gasteiger charge is -2.41. The van der Waals surface area contributed by atoms with Crippen molar-refractivity contribution in [1.29, 1.82) is 0 Å². The number of hydrogen-bond acceptors (Lipinski definition) is 6. The highest BCUT2D eigenvalue weighted by Crippen LogP contribution is 2.44. The molecule has 1 aliphatic rings. The van der Waals surface area contributed by atoms with E-state index in [-0.39, 0.29) is 22.9 Å². The van der Waals surface area contributed by atoms with Crippen molar-refractivity contribution in [2.45, 2.75) is 38.8 Å². The molecule has 0 spiro atoms. The summed E-state index contributed by atoms with van der Waals surface area (Å²) in [6.07, 6.45) is 1.12. The highest BCUT2D eigenvalue weighted by atomic mass is 32.3. The summed E-state index contributed by atoms with van der Waals surface area (Å²) in [5.74, 6) is -1.21. The summed E-state index contributed by atoms with van der Waals surface area (Å²) < 4.78 is 41.7. The molecule has 6 nitrogen and oxygen atoms in total. The van der Waals surface area contributed by atoms with Gasteiger partial charge in [0.25, 0.3) is 0 Å². The van der Waals surface area contributed by atoms with Crippen molar-refractivity contribution in [2.24, 2.45) is 0 Å². The Labute approximate surface area is 136 Å². The number of halogens is 1. The summed E-state index contributed by atoms with van der Waals surface area (Å²) in [7, 11) is -1.73. The molecular formula is C15H23FN2O4S. The van der Waals surface area contributed by atoms with Crippen LogP contribution in [0.2, 0.25) is 0 Å². The van der Waals surface area contributed by atoms with E-state index in [0.717, 1.165) is 0 Å². The zero-order valence-corrected chi connectivity index (χ0v) is 14.2. The average molecular weight is 346 g/mol. The summed E-state index contributed by atoms with van der Waals surface area (Å²) >= 11 is 0. The number of hydrogen-bond donors (Lipinski definition) is 4. The molecule has 1 atom stereocenters. The predicted octanol–water partition coefficient (Wildman–Crippen LogP) is 3.52. The SMILES string of the molecule is COC(=O)c1cc(NC(C)C)cc(C2CCCS(O)(O)N2)c1F. The lowest BCUT2D eigenvalue weighted by molar-refractivity contribution is 0.0595. The number of nitrogens with one attached hydrogen (secondary N) is 2. The molecule has 0 aliphatic carbocycles. The van der Waals surface area contributed by atoms with E-state index in [1.807, 2.05) is 13.8 Å². The Morgan fingerprint density at radius 2 is 2.17 bits per heavy atom. The maximum Gasteiger partial charge on any atom is 0.340 e. The monoisotopic (exact) mass is 346 g/mol. The van der Waals surface area contributed by atoms with Crippen molar-refractivity contribution in [3.05, 3.63) is 29.1 Å². The van der Waals surface area contributed by atoms with Gasteiger partial charge in [-0.05, 0) is 38.8 Å². The molecule has 23 heavy (non-hydrogen) atoms. The molecule has 1 unspecified atom stereocenters. The zero-order valence-electron chi connectivity index (χ0n) is 13.4. The van der Waals surface area contributed by atoms with Crippen LogP contribution < -0.4 is 10.0 Å². The number of carbonyl (C=O) groups excluding carboxylic acids is 1. The first-order valence-corrected chi connectivity index (χ1v) is 9.16. The van der Waals surface area contributed by atoms with Gasteiger partial charge in [-0.25, -0.2) is 13.9 Å². The first-order chi connectivity index (χ1) is 10.7. The Hall–Kier alpha value is -1.35. The van der Waals surface area contributed by atoms with Gasteiger partial charge in [0.1, 0.15) is 5.82 Å². The minimum absolute atomic E-state index is 0.0959. The number of ether oxygens (including phenoxy) is 1. The number of rotatable bonds is 4. The van der Waals surface area contributed by atoms with Crippen LogP contribution in [-0.4, -0.2) is 34.0 Å². The van der Waals surface area contributed by atoms with Gasteiger partial charge in [-0.15, -0.1) is 10.8 Å². The standard InChI is InChI=1S/C15H23FN2O4S/c1-9(2)17-10-7-11(13-5-4-6-23(20,21)18-13)14(16)12(8-10)15(19)22-3/h7-9,13,17-18,20-21H,4-6H2,1-3H3. The van der Waals surface area contributed by atoms with Gasteiger partial charge in [-0.2, -0.15) is 0 Å². The quantitative estimate of drug-likeness (QED) is 0.624. The summed E-state index contributed by atoms with van der Waals surface area (Å²) in [5.41, 5.74) is 0.647. The lowest BCUT2D eigenvalue weighted by Crippen LogP contribution is -2.33. The summed E-state index contributed by atoms with van der Waals surface area (Å²) in [6.45, 7) is 3.85. The average Bonchev–Trinajstić information content (AvgIpc) is 2.46. The second-order valence-corrected chi connectivity index (χ2v) is 7.88. The fraction of sp³-hybridized carbons (Fsp3) is 0.533. The van der Waals surface area contributed by atoms with E-state index in [9.17, 15) is 18.3 Å². The first-order valence-electron chi connectivity index (χ1n) is 7.45. The third-order valence-corrected chi connectivity index (χ3v) is 5.11. The number of anilines is 1. The second-order valence-electron chi connectivity index (χ2n) is 5.90. The van der Waals surface area contributed by atoms with Crippen LogP contribution in [0.25, 0.3) is 0 Å². The molecule has 0 saturated carbocycles. The highest BCUT2D eigenvalue weighted by molar-refractivity contribution is 8.22. The Bertz CT molecular complexity index is 595. The van der Waals surface area contributed by atoms with E-state index in [2.05, 4.69) is 14.8 Å². The van der Waals surface area contributed by atoms with Gasteiger partial charge >= 0.3 is 5.97 Å². The van der Waals surface area contributed by atoms with E-state index in [4.69, 9.17) is 0 Å². The van der Waals surface area contributed by atoms with Crippen LogP contribution in [0.3, 0.4) is 0 Å².